The van der Waals surface area contributed by atoms with Crippen LogP contribution in [0.4, 0.5) is 8.78 Å². The van der Waals surface area contributed by atoms with Gasteiger partial charge in [-0.1, -0.05) is 30.3 Å². The Kier molecular flexibility index (Phi) is 2.52. The molecule has 18 heavy (non-hydrogen) atoms. The predicted molar refractivity (Wildman–Crippen MR) is 67.1 cm³/mol. The van der Waals surface area contributed by atoms with E-state index < -0.39 is 5.82 Å². The molecule has 0 radical (unpaired) electrons. The van der Waals surface area contributed by atoms with Gasteiger partial charge in [-0.25, -0.2) is 13.8 Å². The number of hydrogen-bond acceptors (Lipinski definition) is 1. The van der Waals surface area contributed by atoms with Crippen molar-refractivity contribution >= 4 is 10.9 Å². The molecular weight excluding hydrogens is 232 g/mol. The van der Waals surface area contributed by atoms with Crippen LogP contribution < -0.4 is 0 Å². The summed E-state index contributed by atoms with van der Waals surface area (Å²) >= 11 is 0. The molecule has 0 spiro atoms. The number of halogens is 2. The van der Waals surface area contributed by atoms with Gasteiger partial charge in [-0.3, -0.25) is 0 Å². The van der Waals surface area contributed by atoms with Gasteiger partial charge in [0.15, 0.2) is 0 Å². The second-order valence-electron chi connectivity index (χ2n) is 3.99. The molecule has 0 atom stereocenters. The van der Waals surface area contributed by atoms with Gasteiger partial charge in [0.1, 0.15) is 17.2 Å². The summed E-state index contributed by atoms with van der Waals surface area (Å²) in [6.45, 7) is 0. The van der Waals surface area contributed by atoms with Crippen LogP contribution in [0.2, 0.25) is 0 Å². The SMILES string of the molecule is Fc1ccccc1-c1ccc2cccc(F)c2n1. The van der Waals surface area contributed by atoms with Crippen molar-refractivity contribution in [3.05, 3.63) is 66.2 Å². The summed E-state index contributed by atoms with van der Waals surface area (Å²) in [5.41, 5.74) is 1.08. The van der Waals surface area contributed by atoms with Crippen molar-refractivity contribution in [1.82, 2.24) is 4.98 Å². The molecule has 1 heterocycles. The molecule has 3 rings (SSSR count). The number of aromatic nitrogens is 1. The van der Waals surface area contributed by atoms with Gasteiger partial charge < -0.3 is 0 Å². The van der Waals surface area contributed by atoms with Crippen LogP contribution in [0.25, 0.3) is 22.2 Å². The minimum absolute atomic E-state index is 0.262. The standard InChI is InChI=1S/C15H9F2N/c16-12-6-2-1-5-11(12)14-9-8-10-4-3-7-13(17)15(10)18-14/h1-9H. The Bertz CT molecular complexity index is 723. The number of para-hydroxylation sites is 1. The summed E-state index contributed by atoms with van der Waals surface area (Å²) < 4.78 is 27.3. The molecule has 0 unspecified atom stereocenters. The van der Waals surface area contributed by atoms with E-state index in [1.165, 1.54) is 12.1 Å². The number of hydrogen-bond donors (Lipinski definition) is 0. The lowest BCUT2D eigenvalue weighted by atomic mass is 10.1. The van der Waals surface area contributed by atoms with E-state index in [9.17, 15) is 8.78 Å². The fourth-order valence-electron chi connectivity index (χ4n) is 1.93. The second-order valence-corrected chi connectivity index (χ2v) is 3.99. The Morgan fingerprint density at radius 2 is 1.50 bits per heavy atom. The summed E-state index contributed by atoms with van der Waals surface area (Å²) in [6, 6.07) is 14.5. The van der Waals surface area contributed by atoms with Gasteiger partial charge in [0.05, 0.1) is 5.69 Å². The number of benzene rings is 2. The van der Waals surface area contributed by atoms with Crippen LogP contribution in [-0.2, 0) is 0 Å². The molecule has 88 valence electrons. The van der Waals surface area contributed by atoms with E-state index in [4.69, 9.17) is 0 Å². The molecule has 0 amide bonds. The lowest BCUT2D eigenvalue weighted by molar-refractivity contribution is 0.629. The van der Waals surface area contributed by atoms with Gasteiger partial charge in [-0.05, 0) is 24.3 Å². The maximum Gasteiger partial charge on any atom is 0.149 e. The second kappa shape index (κ2) is 4.18. The third-order valence-corrected chi connectivity index (χ3v) is 2.82. The minimum Gasteiger partial charge on any atom is -0.245 e. The molecule has 0 aliphatic heterocycles. The Hall–Kier alpha value is -2.29. The number of pyridine rings is 1. The van der Waals surface area contributed by atoms with Crippen LogP contribution in [0.5, 0.6) is 0 Å². The van der Waals surface area contributed by atoms with Gasteiger partial charge in [-0.2, -0.15) is 0 Å². The third-order valence-electron chi connectivity index (χ3n) is 2.82. The van der Waals surface area contributed by atoms with Crippen molar-refractivity contribution in [1.29, 1.82) is 0 Å². The highest BCUT2D eigenvalue weighted by Gasteiger charge is 2.08. The van der Waals surface area contributed by atoms with Crippen molar-refractivity contribution in [3.8, 4) is 11.3 Å². The maximum atomic E-state index is 13.6. The van der Waals surface area contributed by atoms with Crippen LogP contribution in [0, 0.1) is 11.6 Å². The fourth-order valence-corrected chi connectivity index (χ4v) is 1.93. The van der Waals surface area contributed by atoms with E-state index in [-0.39, 0.29) is 11.3 Å². The molecule has 3 aromatic rings. The van der Waals surface area contributed by atoms with Crippen LogP contribution in [0.1, 0.15) is 0 Å². The molecule has 0 saturated heterocycles. The van der Waals surface area contributed by atoms with Gasteiger partial charge in [0.25, 0.3) is 0 Å². The highest BCUT2D eigenvalue weighted by atomic mass is 19.1. The lowest BCUT2D eigenvalue weighted by Crippen LogP contribution is -1.90. The number of rotatable bonds is 1. The van der Waals surface area contributed by atoms with Crippen LogP contribution in [-0.4, -0.2) is 4.98 Å². The van der Waals surface area contributed by atoms with Crippen molar-refractivity contribution in [3.63, 3.8) is 0 Å². The normalized spacial score (nSPS) is 10.8. The number of nitrogens with zero attached hydrogens (tertiary/aromatic N) is 1. The Balaban J connectivity index is 2.26. The highest BCUT2D eigenvalue weighted by Crippen LogP contribution is 2.24. The minimum atomic E-state index is -0.398. The van der Waals surface area contributed by atoms with Crippen molar-refractivity contribution in [2.24, 2.45) is 0 Å². The van der Waals surface area contributed by atoms with E-state index in [2.05, 4.69) is 4.98 Å². The maximum absolute atomic E-state index is 13.6. The molecule has 1 nitrogen and oxygen atoms in total. The van der Waals surface area contributed by atoms with Crippen molar-refractivity contribution in [2.75, 3.05) is 0 Å². The highest BCUT2D eigenvalue weighted by molar-refractivity contribution is 5.82. The zero-order valence-corrected chi connectivity index (χ0v) is 9.40. The topological polar surface area (TPSA) is 12.9 Å². The van der Waals surface area contributed by atoms with Gasteiger partial charge in [0.2, 0.25) is 0 Å². The zero-order valence-electron chi connectivity index (χ0n) is 9.40. The van der Waals surface area contributed by atoms with Crippen LogP contribution in [0.15, 0.2) is 54.6 Å². The first-order chi connectivity index (χ1) is 8.75. The molecule has 0 aliphatic carbocycles. The smallest absolute Gasteiger partial charge is 0.149 e. The molecule has 0 bridgehead atoms. The van der Waals surface area contributed by atoms with Crippen LogP contribution in [0.3, 0.4) is 0 Å². The predicted octanol–water partition coefficient (Wildman–Crippen LogP) is 4.18. The first-order valence-corrected chi connectivity index (χ1v) is 5.56. The summed E-state index contributed by atoms with van der Waals surface area (Å²) in [4.78, 5) is 4.19. The molecule has 2 aromatic carbocycles. The molecule has 0 aliphatic rings. The van der Waals surface area contributed by atoms with Gasteiger partial charge in [-0.15, -0.1) is 0 Å². The molecule has 0 fully saturated rings. The largest absolute Gasteiger partial charge is 0.245 e. The van der Waals surface area contributed by atoms with E-state index in [0.717, 1.165) is 0 Å². The monoisotopic (exact) mass is 241 g/mol. The Morgan fingerprint density at radius 1 is 0.722 bits per heavy atom. The van der Waals surface area contributed by atoms with E-state index in [1.54, 1.807) is 42.5 Å². The molecular formula is C15H9F2N. The van der Waals surface area contributed by atoms with Crippen molar-refractivity contribution < 1.29 is 8.78 Å². The van der Waals surface area contributed by atoms with E-state index >= 15 is 0 Å². The third kappa shape index (κ3) is 1.74. The first kappa shape index (κ1) is 10.8. The first-order valence-electron chi connectivity index (χ1n) is 5.56. The number of fused-ring (bicyclic) bond motifs is 1. The fraction of sp³-hybridized carbons (Fsp3) is 0. The lowest BCUT2D eigenvalue weighted by Gasteiger charge is -2.04. The summed E-state index contributed by atoms with van der Waals surface area (Å²) in [6.07, 6.45) is 0. The molecule has 1 aromatic heterocycles. The Labute approximate surface area is 103 Å². The van der Waals surface area contributed by atoms with Crippen LogP contribution >= 0.6 is 0 Å². The van der Waals surface area contributed by atoms with E-state index in [0.29, 0.717) is 16.6 Å². The van der Waals surface area contributed by atoms with Gasteiger partial charge >= 0.3 is 0 Å². The Morgan fingerprint density at radius 3 is 2.33 bits per heavy atom. The molecule has 3 heteroatoms. The van der Waals surface area contributed by atoms with E-state index in [1.807, 2.05) is 0 Å². The zero-order chi connectivity index (χ0) is 12.5. The summed E-state index contributed by atoms with van der Waals surface area (Å²) in [5, 5.41) is 0.704. The summed E-state index contributed by atoms with van der Waals surface area (Å²) in [7, 11) is 0. The average molecular weight is 241 g/mol. The quantitative estimate of drug-likeness (QED) is 0.622. The van der Waals surface area contributed by atoms with Crippen molar-refractivity contribution in [2.45, 2.75) is 0 Å². The molecule has 0 N–H and O–H groups in total. The summed E-state index contributed by atoms with van der Waals surface area (Å²) in [5.74, 6) is -0.758. The molecule has 0 saturated carbocycles. The van der Waals surface area contributed by atoms with Gasteiger partial charge in [0, 0.05) is 10.9 Å². The average Bonchev–Trinajstić information content (AvgIpc) is 2.40.